The molecule has 19 heavy (non-hydrogen) atoms. The topological polar surface area (TPSA) is 80.2 Å². The maximum atomic E-state index is 11.9. The van der Waals surface area contributed by atoms with Gasteiger partial charge in [-0.25, -0.2) is 14.6 Å². The Labute approximate surface area is 116 Å². The highest BCUT2D eigenvalue weighted by Crippen LogP contribution is 2.14. The molecule has 3 rings (SSSR count). The molecule has 2 aromatic heterocycles. The number of nitrogens with zero attached hydrogens (tertiary/aromatic N) is 3. The molecule has 0 bridgehead atoms. The van der Waals surface area contributed by atoms with E-state index in [0.29, 0.717) is 37.4 Å². The Kier molecular flexibility index (Phi) is 3.02. The van der Waals surface area contributed by atoms with Crippen LogP contribution in [0.5, 0.6) is 0 Å². The zero-order valence-corrected chi connectivity index (χ0v) is 11.5. The Morgan fingerprint density at radius 2 is 2.26 bits per heavy atom. The van der Waals surface area contributed by atoms with E-state index in [-0.39, 0.29) is 11.8 Å². The number of fused-ring (bicyclic) bond motifs is 1. The molecule has 1 amide bonds. The smallest absolute Gasteiger partial charge is 0.410 e. The quantitative estimate of drug-likeness (QED) is 0.910. The molecule has 0 spiro atoms. The van der Waals surface area contributed by atoms with Crippen LogP contribution in [0.15, 0.2) is 21.5 Å². The van der Waals surface area contributed by atoms with Crippen molar-refractivity contribution >= 4 is 33.2 Å². The van der Waals surface area contributed by atoms with Gasteiger partial charge in [0.2, 0.25) is 0 Å². The summed E-state index contributed by atoms with van der Waals surface area (Å²) in [4.78, 5) is 31.6. The van der Waals surface area contributed by atoms with Crippen molar-refractivity contribution in [2.45, 2.75) is 6.54 Å². The summed E-state index contributed by atoms with van der Waals surface area (Å²) in [5.41, 5.74) is 1.03. The standard InChI is InChI=1S/C11H11BrN4O3/c12-7-5-8-9(13-6-7)14-10(17)16(8)2-1-15-3-4-19-11(15)18/h5-6H,1-4H2,(H,13,14,17). The molecule has 0 saturated carbocycles. The molecule has 0 aliphatic carbocycles. The van der Waals surface area contributed by atoms with E-state index in [9.17, 15) is 9.59 Å². The number of amides is 1. The number of cyclic esters (lactones) is 1. The number of ether oxygens (including phenoxy) is 1. The second-order valence-corrected chi connectivity index (χ2v) is 5.12. The zero-order valence-electron chi connectivity index (χ0n) is 9.93. The first-order chi connectivity index (χ1) is 9.15. The number of pyridine rings is 1. The molecule has 1 saturated heterocycles. The van der Waals surface area contributed by atoms with Gasteiger partial charge in [-0.1, -0.05) is 0 Å². The fraction of sp³-hybridized carbons (Fsp3) is 0.364. The van der Waals surface area contributed by atoms with Crippen LogP contribution in [0.1, 0.15) is 0 Å². The van der Waals surface area contributed by atoms with Crippen molar-refractivity contribution in [1.29, 1.82) is 0 Å². The lowest BCUT2D eigenvalue weighted by Crippen LogP contribution is -2.30. The van der Waals surface area contributed by atoms with E-state index in [0.717, 1.165) is 4.47 Å². The molecule has 1 aliphatic heterocycles. The maximum Gasteiger partial charge on any atom is 0.410 e. The third-order valence-electron chi connectivity index (χ3n) is 3.03. The van der Waals surface area contributed by atoms with Crippen LogP contribution >= 0.6 is 15.9 Å². The monoisotopic (exact) mass is 326 g/mol. The van der Waals surface area contributed by atoms with Crippen LogP contribution in [0.25, 0.3) is 11.2 Å². The number of hydrogen-bond acceptors (Lipinski definition) is 4. The van der Waals surface area contributed by atoms with Gasteiger partial charge in [0.25, 0.3) is 0 Å². The van der Waals surface area contributed by atoms with Crippen LogP contribution in [-0.2, 0) is 11.3 Å². The molecule has 1 N–H and O–H groups in total. The average molecular weight is 327 g/mol. The molecule has 100 valence electrons. The summed E-state index contributed by atoms with van der Waals surface area (Å²) in [5.74, 6) is 0. The minimum atomic E-state index is -0.327. The second kappa shape index (κ2) is 4.69. The number of imidazole rings is 1. The van der Waals surface area contributed by atoms with Gasteiger partial charge >= 0.3 is 11.8 Å². The summed E-state index contributed by atoms with van der Waals surface area (Å²) in [6.45, 7) is 1.83. The highest BCUT2D eigenvalue weighted by Gasteiger charge is 2.21. The Morgan fingerprint density at radius 3 is 3.00 bits per heavy atom. The summed E-state index contributed by atoms with van der Waals surface area (Å²) in [5, 5.41) is 0. The minimum Gasteiger partial charge on any atom is -0.448 e. The van der Waals surface area contributed by atoms with E-state index < -0.39 is 0 Å². The van der Waals surface area contributed by atoms with Gasteiger partial charge in [-0.2, -0.15) is 0 Å². The van der Waals surface area contributed by atoms with Crippen molar-refractivity contribution in [2.24, 2.45) is 0 Å². The van der Waals surface area contributed by atoms with Gasteiger partial charge in [-0.05, 0) is 22.0 Å². The number of hydrogen-bond donors (Lipinski definition) is 1. The van der Waals surface area contributed by atoms with E-state index in [1.165, 1.54) is 0 Å². The number of nitrogens with one attached hydrogen (secondary N) is 1. The molecule has 1 aliphatic rings. The molecule has 0 radical (unpaired) electrons. The van der Waals surface area contributed by atoms with Gasteiger partial charge < -0.3 is 9.64 Å². The molecule has 7 nitrogen and oxygen atoms in total. The lowest BCUT2D eigenvalue weighted by Gasteiger charge is -2.12. The maximum absolute atomic E-state index is 11.9. The average Bonchev–Trinajstić information content (AvgIpc) is 2.90. The third-order valence-corrected chi connectivity index (χ3v) is 3.47. The highest BCUT2D eigenvalue weighted by molar-refractivity contribution is 9.10. The molecular weight excluding hydrogens is 316 g/mol. The van der Waals surface area contributed by atoms with Gasteiger partial charge in [0.1, 0.15) is 6.61 Å². The Bertz CT molecular complexity index is 693. The summed E-state index contributed by atoms with van der Waals surface area (Å²) < 4.78 is 7.21. The predicted octanol–water partition coefficient (Wildman–Crippen LogP) is 0.939. The number of aromatic nitrogens is 3. The van der Waals surface area contributed by atoms with Crippen molar-refractivity contribution in [2.75, 3.05) is 19.7 Å². The van der Waals surface area contributed by atoms with Crippen LogP contribution < -0.4 is 5.69 Å². The lowest BCUT2D eigenvalue weighted by atomic mass is 10.4. The van der Waals surface area contributed by atoms with E-state index in [2.05, 4.69) is 25.9 Å². The van der Waals surface area contributed by atoms with Crippen molar-refractivity contribution in [3.63, 3.8) is 0 Å². The first kappa shape index (κ1) is 12.2. The summed E-state index contributed by atoms with van der Waals surface area (Å²) in [7, 11) is 0. The Morgan fingerprint density at radius 1 is 1.42 bits per heavy atom. The number of rotatable bonds is 3. The van der Waals surface area contributed by atoms with Gasteiger partial charge in [0, 0.05) is 23.8 Å². The number of H-pyrrole nitrogens is 1. The van der Waals surface area contributed by atoms with Gasteiger partial charge in [-0.15, -0.1) is 0 Å². The summed E-state index contributed by atoms with van der Waals surface area (Å²) >= 11 is 3.33. The molecule has 8 heteroatoms. The first-order valence-electron chi connectivity index (χ1n) is 5.81. The predicted molar refractivity (Wildman–Crippen MR) is 71.0 cm³/mol. The Balaban J connectivity index is 1.87. The normalized spacial score (nSPS) is 15.2. The number of halogens is 1. The van der Waals surface area contributed by atoms with Gasteiger partial charge in [0.05, 0.1) is 12.1 Å². The van der Waals surface area contributed by atoms with E-state index in [4.69, 9.17) is 4.74 Å². The lowest BCUT2D eigenvalue weighted by molar-refractivity contribution is 0.157. The molecule has 0 aromatic carbocycles. The first-order valence-corrected chi connectivity index (χ1v) is 6.60. The molecule has 2 aromatic rings. The molecule has 1 fully saturated rings. The van der Waals surface area contributed by atoms with Crippen molar-refractivity contribution < 1.29 is 9.53 Å². The van der Waals surface area contributed by atoms with Crippen molar-refractivity contribution in [3.8, 4) is 0 Å². The van der Waals surface area contributed by atoms with Crippen LogP contribution in [0.2, 0.25) is 0 Å². The number of carbonyl (C=O) groups excluding carboxylic acids is 1. The SMILES string of the molecule is O=C1OCCN1CCn1c(=O)[nH]c2ncc(Br)cc21. The minimum absolute atomic E-state index is 0.229. The molecule has 0 unspecified atom stereocenters. The summed E-state index contributed by atoms with van der Waals surface area (Å²) in [6.07, 6.45) is 1.30. The largest absolute Gasteiger partial charge is 0.448 e. The molecule has 0 atom stereocenters. The second-order valence-electron chi connectivity index (χ2n) is 4.20. The number of carbonyl (C=O) groups is 1. The zero-order chi connectivity index (χ0) is 13.4. The van der Waals surface area contributed by atoms with Gasteiger partial charge in [-0.3, -0.25) is 9.55 Å². The highest BCUT2D eigenvalue weighted by atomic mass is 79.9. The van der Waals surface area contributed by atoms with E-state index in [1.807, 2.05) is 6.07 Å². The van der Waals surface area contributed by atoms with Crippen molar-refractivity contribution in [1.82, 2.24) is 19.4 Å². The summed E-state index contributed by atoms with van der Waals surface area (Å²) in [6, 6.07) is 1.82. The fourth-order valence-electron chi connectivity index (χ4n) is 2.08. The van der Waals surface area contributed by atoms with E-state index >= 15 is 0 Å². The third kappa shape index (κ3) is 2.23. The molecule has 3 heterocycles. The molecular formula is C11H11BrN4O3. The fourth-order valence-corrected chi connectivity index (χ4v) is 2.40. The van der Waals surface area contributed by atoms with Crippen LogP contribution in [-0.4, -0.2) is 45.2 Å². The number of aromatic amines is 1. The van der Waals surface area contributed by atoms with Crippen molar-refractivity contribution in [3.05, 3.63) is 27.2 Å². The van der Waals surface area contributed by atoms with Crippen LogP contribution in [0.3, 0.4) is 0 Å². The van der Waals surface area contributed by atoms with E-state index in [1.54, 1.807) is 15.7 Å². The Hall–Kier alpha value is -1.83. The van der Waals surface area contributed by atoms with Crippen LogP contribution in [0.4, 0.5) is 4.79 Å². The van der Waals surface area contributed by atoms with Crippen LogP contribution in [0, 0.1) is 0 Å². The van der Waals surface area contributed by atoms with Gasteiger partial charge in [0.15, 0.2) is 5.65 Å².